The molecule has 176 valence electrons. The zero-order valence-electron chi connectivity index (χ0n) is 19.4. The molecule has 1 aliphatic carbocycles. The second-order valence-electron chi connectivity index (χ2n) is 8.85. The lowest BCUT2D eigenvalue weighted by Crippen LogP contribution is -2.56. The molecule has 0 spiro atoms. The van der Waals surface area contributed by atoms with Gasteiger partial charge in [0, 0.05) is 12.5 Å². The van der Waals surface area contributed by atoms with Gasteiger partial charge in [0.2, 0.25) is 5.91 Å². The summed E-state index contributed by atoms with van der Waals surface area (Å²) in [6.45, 7) is 3.73. The van der Waals surface area contributed by atoms with E-state index in [1.54, 1.807) is 32.8 Å². The zero-order valence-corrected chi connectivity index (χ0v) is 19.4. The molecular weight excluding hydrogens is 422 g/mol. The molecule has 8 heteroatoms. The van der Waals surface area contributed by atoms with Crippen LogP contribution in [0.1, 0.15) is 30.9 Å². The molecule has 0 saturated carbocycles. The smallest absolute Gasteiger partial charge is 0.407 e. The zero-order chi connectivity index (χ0) is 24.1. The van der Waals surface area contributed by atoms with E-state index in [9.17, 15) is 19.5 Å². The summed E-state index contributed by atoms with van der Waals surface area (Å²) in [5.41, 5.74) is 4.44. The molecule has 2 atom stereocenters. The average molecular weight is 454 g/mol. The SMILES string of the molecule is CC(C)[C@@H](NC(=O)[C@H](CN(C)C)NC(=O)OCC1c2ccccc2-c2ccccc21)C(=O)O. The van der Waals surface area contributed by atoms with Gasteiger partial charge in [0.1, 0.15) is 18.7 Å². The molecule has 0 aliphatic heterocycles. The number of hydrogen-bond donors (Lipinski definition) is 3. The molecule has 0 aromatic heterocycles. The molecule has 2 amide bonds. The summed E-state index contributed by atoms with van der Waals surface area (Å²) in [7, 11) is 3.52. The minimum absolute atomic E-state index is 0.0957. The van der Waals surface area contributed by atoms with Gasteiger partial charge in [-0.2, -0.15) is 0 Å². The fourth-order valence-corrected chi connectivity index (χ4v) is 4.11. The molecular formula is C25H31N3O5. The van der Waals surface area contributed by atoms with Crippen LogP contribution in [-0.4, -0.2) is 67.3 Å². The van der Waals surface area contributed by atoms with E-state index < -0.39 is 30.1 Å². The van der Waals surface area contributed by atoms with Gasteiger partial charge < -0.3 is 25.4 Å². The maximum atomic E-state index is 12.7. The van der Waals surface area contributed by atoms with Gasteiger partial charge in [0.15, 0.2) is 0 Å². The van der Waals surface area contributed by atoms with E-state index in [1.807, 2.05) is 36.4 Å². The van der Waals surface area contributed by atoms with Gasteiger partial charge in [-0.05, 0) is 42.3 Å². The third-order valence-electron chi connectivity index (χ3n) is 5.73. The van der Waals surface area contributed by atoms with Gasteiger partial charge in [0.25, 0.3) is 0 Å². The van der Waals surface area contributed by atoms with E-state index in [-0.39, 0.29) is 25.0 Å². The molecule has 2 aromatic rings. The van der Waals surface area contributed by atoms with Crippen LogP contribution in [0, 0.1) is 5.92 Å². The van der Waals surface area contributed by atoms with E-state index in [0.29, 0.717) is 0 Å². The maximum absolute atomic E-state index is 12.7. The lowest BCUT2D eigenvalue weighted by Gasteiger charge is -2.25. The number of rotatable bonds is 9. The van der Waals surface area contributed by atoms with E-state index >= 15 is 0 Å². The highest BCUT2D eigenvalue weighted by molar-refractivity contribution is 5.89. The van der Waals surface area contributed by atoms with E-state index in [0.717, 1.165) is 22.3 Å². The Morgan fingerprint density at radius 3 is 2.00 bits per heavy atom. The third-order valence-corrected chi connectivity index (χ3v) is 5.73. The quantitative estimate of drug-likeness (QED) is 0.539. The summed E-state index contributed by atoms with van der Waals surface area (Å²) >= 11 is 0. The number of benzene rings is 2. The summed E-state index contributed by atoms with van der Waals surface area (Å²) < 4.78 is 5.54. The predicted octanol–water partition coefficient (Wildman–Crippen LogP) is 2.68. The van der Waals surface area contributed by atoms with Crippen LogP contribution >= 0.6 is 0 Å². The molecule has 0 unspecified atom stereocenters. The number of aliphatic carboxylic acids is 1. The maximum Gasteiger partial charge on any atom is 0.407 e. The highest BCUT2D eigenvalue weighted by atomic mass is 16.5. The Morgan fingerprint density at radius 1 is 0.970 bits per heavy atom. The minimum atomic E-state index is -1.12. The highest BCUT2D eigenvalue weighted by Gasteiger charge is 2.31. The van der Waals surface area contributed by atoms with Crippen LogP contribution < -0.4 is 10.6 Å². The Labute approximate surface area is 193 Å². The van der Waals surface area contributed by atoms with Gasteiger partial charge >= 0.3 is 12.1 Å². The minimum Gasteiger partial charge on any atom is -0.480 e. The van der Waals surface area contributed by atoms with Crippen molar-refractivity contribution in [2.24, 2.45) is 5.92 Å². The van der Waals surface area contributed by atoms with Crippen LogP contribution in [0.3, 0.4) is 0 Å². The monoisotopic (exact) mass is 453 g/mol. The lowest BCUT2D eigenvalue weighted by atomic mass is 9.98. The first kappa shape index (κ1) is 24.3. The highest BCUT2D eigenvalue weighted by Crippen LogP contribution is 2.44. The fourth-order valence-electron chi connectivity index (χ4n) is 4.11. The summed E-state index contributed by atoms with van der Waals surface area (Å²) in [6, 6.07) is 14.0. The number of alkyl carbamates (subject to hydrolysis) is 1. The molecule has 3 rings (SSSR count). The van der Waals surface area contributed by atoms with Crippen molar-refractivity contribution in [2.75, 3.05) is 27.2 Å². The van der Waals surface area contributed by atoms with Crippen LogP contribution in [0.5, 0.6) is 0 Å². The molecule has 0 heterocycles. The number of ether oxygens (including phenoxy) is 1. The van der Waals surface area contributed by atoms with Gasteiger partial charge in [0.05, 0.1) is 0 Å². The van der Waals surface area contributed by atoms with Crippen molar-refractivity contribution in [1.29, 1.82) is 0 Å². The number of carboxylic acid groups (broad SMARTS) is 1. The summed E-state index contributed by atoms with van der Waals surface area (Å²) in [6.07, 6.45) is -0.727. The number of likely N-dealkylation sites (N-methyl/N-ethyl adjacent to an activating group) is 1. The molecule has 8 nitrogen and oxygen atoms in total. The summed E-state index contributed by atoms with van der Waals surface area (Å²) in [5.74, 6) is -2.09. The molecule has 3 N–H and O–H groups in total. The van der Waals surface area contributed by atoms with E-state index in [1.165, 1.54) is 0 Å². The van der Waals surface area contributed by atoms with Crippen molar-refractivity contribution in [1.82, 2.24) is 15.5 Å². The van der Waals surface area contributed by atoms with Crippen LogP contribution in [0.2, 0.25) is 0 Å². The van der Waals surface area contributed by atoms with Crippen molar-refractivity contribution in [3.8, 4) is 11.1 Å². The Bertz CT molecular complexity index is 975. The van der Waals surface area contributed by atoms with E-state index in [4.69, 9.17) is 4.74 Å². The molecule has 0 bridgehead atoms. The molecule has 1 aliphatic rings. The van der Waals surface area contributed by atoms with Gasteiger partial charge in [-0.25, -0.2) is 9.59 Å². The molecule has 2 aromatic carbocycles. The number of fused-ring (bicyclic) bond motifs is 3. The largest absolute Gasteiger partial charge is 0.480 e. The number of amides is 2. The molecule has 0 radical (unpaired) electrons. The standard InChI is InChI=1S/C25H31N3O5/c1-15(2)22(24(30)31)27-23(29)21(13-28(3)4)26-25(32)33-14-20-18-11-7-5-9-16(18)17-10-6-8-12-19(17)20/h5-12,15,20-22H,13-14H2,1-4H3,(H,26,32)(H,27,29)(H,30,31)/t21-,22+/m0/s1. The topological polar surface area (TPSA) is 108 Å². The Hall–Kier alpha value is -3.39. The van der Waals surface area contributed by atoms with Crippen molar-refractivity contribution in [3.63, 3.8) is 0 Å². The van der Waals surface area contributed by atoms with Gasteiger partial charge in [-0.15, -0.1) is 0 Å². The van der Waals surface area contributed by atoms with Crippen molar-refractivity contribution < 1.29 is 24.2 Å². The fraction of sp³-hybridized carbons (Fsp3) is 0.400. The first-order chi connectivity index (χ1) is 15.7. The third kappa shape index (κ3) is 5.70. The molecule has 33 heavy (non-hydrogen) atoms. The van der Waals surface area contributed by atoms with Crippen molar-refractivity contribution >= 4 is 18.0 Å². The van der Waals surface area contributed by atoms with Crippen LogP contribution in [0.15, 0.2) is 48.5 Å². The average Bonchev–Trinajstić information content (AvgIpc) is 3.08. The normalized spacial score (nSPS) is 14.4. The number of hydrogen-bond acceptors (Lipinski definition) is 5. The Morgan fingerprint density at radius 2 is 1.52 bits per heavy atom. The molecule has 0 fully saturated rings. The number of carboxylic acids is 1. The van der Waals surface area contributed by atoms with Crippen molar-refractivity contribution in [2.45, 2.75) is 31.8 Å². The number of nitrogens with one attached hydrogen (secondary N) is 2. The Balaban J connectivity index is 1.67. The van der Waals surface area contributed by atoms with Crippen molar-refractivity contribution in [3.05, 3.63) is 59.7 Å². The Kier molecular flexibility index (Phi) is 7.71. The van der Waals surface area contributed by atoms with E-state index in [2.05, 4.69) is 22.8 Å². The first-order valence-corrected chi connectivity index (χ1v) is 11.0. The number of carbonyl (C=O) groups is 3. The van der Waals surface area contributed by atoms with Crippen LogP contribution in [-0.2, 0) is 14.3 Å². The second-order valence-corrected chi connectivity index (χ2v) is 8.85. The lowest BCUT2D eigenvalue weighted by molar-refractivity contribution is -0.143. The predicted molar refractivity (Wildman–Crippen MR) is 125 cm³/mol. The van der Waals surface area contributed by atoms with Gasteiger partial charge in [-0.3, -0.25) is 4.79 Å². The number of carbonyl (C=O) groups excluding carboxylic acids is 2. The van der Waals surface area contributed by atoms with Crippen LogP contribution in [0.25, 0.3) is 11.1 Å². The summed E-state index contributed by atoms with van der Waals surface area (Å²) in [5, 5.41) is 14.5. The second kappa shape index (κ2) is 10.5. The molecule has 0 saturated heterocycles. The first-order valence-electron chi connectivity index (χ1n) is 11.0. The van der Waals surface area contributed by atoms with Crippen LogP contribution in [0.4, 0.5) is 4.79 Å². The summed E-state index contributed by atoms with van der Waals surface area (Å²) in [4.78, 5) is 38.6. The van der Waals surface area contributed by atoms with Gasteiger partial charge in [-0.1, -0.05) is 62.4 Å². The number of nitrogens with zero attached hydrogens (tertiary/aromatic N) is 1.